The molecule has 5 nitrogen and oxygen atoms in total. The highest BCUT2D eigenvalue weighted by molar-refractivity contribution is 5.25. The summed E-state index contributed by atoms with van der Waals surface area (Å²) < 4.78 is 3.81. The van der Waals surface area contributed by atoms with Crippen molar-refractivity contribution in [2.45, 2.75) is 26.8 Å². The second-order valence-corrected chi connectivity index (χ2v) is 4.33. The Labute approximate surface area is 101 Å². The minimum Gasteiger partial charge on any atom is -0.330 e. The monoisotopic (exact) mass is 233 g/mol. The minimum atomic E-state index is 0.664. The molecule has 0 unspecified atom stereocenters. The number of aromatic nitrogens is 4. The molecule has 0 radical (unpaired) electrons. The van der Waals surface area contributed by atoms with Gasteiger partial charge in [-0.1, -0.05) is 0 Å². The van der Waals surface area contributed by atoms with Gasteiger partial charge in [-0.05, 0) is 38.4 Å². The second-order valence-electron chi connectivity index (χ2n) is 4.33. The molecule has 2 rings (SSSR count). The highest BCUT2D eigenvalue weighted by atomic mass is 15.3. The molecule has 0 saturated heterocycles. The van der Waals surface area contributed by atoms with Gasteiger partial charge in [0, 0.05) is 18.9 Å². The van der Waals surface area contributed by atoms with Crippen LogP contribution in [0.15, 0.2) is 12.3 Å². The Kier molecular flexibility index (Phi) is 3.28. The fourth-order valence-corrected chi connectivity index (χ4v) is 2.10. The van der Waals surface area contributed by atoms with Crippen molar-refractivity contribution in [1.29, 1.82) is 0 Å². The van der Waals surface area contributed by atoms with Gasteiger partial charge in [-0.15, -0.1) is 0 Å². The smallest absolute Gasteiger partial charge is 0.0853 e. The molecule has 17 heavy (non-hydrogen) atoms. The molecule has 0 aliphatic heterocycles. The fraction of sp³-hybridized carbons (Fsp3) is 0.500. The quantitative estimate of drug-likeness (QED) is 0.849. The summed E-state index contributed by atoms with van der Waals surface area (Å²) in [6, 6.07) is 2.01. The molecule has 0 amide bonds. The zero-order chi connectivity index (χ0) is 12.4. The first-order valence-electron chi connectivity index (χ1n) is 5.83. The molecule has 2 aromatic rings. The Hall–Kier alpha value is -1.62. The van der Waals surface area contributed by atoms with Crippen LogP contribution in [-0.4, -0.2) is 26.1 Å². The van der Waals surface area contributed by atoms with Crippen LogP contribution in [-0.2, 0) is 20.0 Å². The molecule has 92 valence electrons. The second kappa shape index (κ2) is 4.71. The van der Waals surface area contributed by atoms with Gasteiger partial charge in [-0.3, -0.25) is 9.36 Å². The SMILES string of the molecule is Cc1nn(Cc2ccn(C)n2)c(C)c1CCN. The third-order valence-electron chi connectivity index (χ3n) is 3.01. The summed E-state index contributed by atoms with van der Waals surface area (Å²) >= 11 is 0. The maximum absolute atomic E-state index is 5.61. The van der Waals surface area contributed by atoms with Crippen molar-refractivity contribution >= 4 is 0 Å². The zero-order valence-electron chi connectivity index (χ0n) is 10.6. The Morgan fingerprint density at radius 2 is 2.06 bits per heavy atom. The first kappa shape index (κ1) is 11.9. The van der Waals surface area contributed by atoms with E-state index in [9.17, 15) is 0 Å². The molecule has 2 aromatic heterocycles. The molecule has 0 atom stereocenters. The summed E-state index contributed by atoms with van der Waals surface area (Å²) in [6.07, 6.45) is 2.84. The van der Waals surface area contributed by atoms with Crippen molar-refractivity contribution < 1.29 is 0 Å². The zero-order valence-corrected chi connectivity index (χ0v) is 10.6. The van der Waals surface area contributed by atoms with Crippen LogP contribution in [0.4, 0.5) is 0 Å². The van der Waals surface area contributed by atoms with Crippen LogP contribution in [0.1, 0.15) is 22.6 Å². The Bertz CT molecular complexity index is 509. The maximum Gasteiger partial charge on any atom is 0.0853 e. The molecule has 5 heteroatoms. The molecule has 0 spiro atoms. The average molecular weight is 233 g/mol. The molecule has 0 bridgehead atoms. The van der Waals surface area contributed by atoms with Gasteiger partial charge in [0.1, 0.15) is 0 Å². The van der Waals surface area contributed by atoms with Crippen molar-refractivity contribution in [2.24, 2.45) is 12.8 Å². The molecule has 0 aliphatic carbocycles. The van der Waals surface area contributed by atoms with Crippen molar-refractivity contribution in [3.05, 3.63) is 34.9 Å². The van der Waals surface area contributed by atoms with Crippen molar-refractivity contribution in [1.82, 2.24) is 19.6 Å². The van der Waals surface area contributed by atoms with Crippen LogP contribution in [0.5, 0.6) is 0 Å². The van der Waals surface area contributed by atoms with E-state index in [-0.39, 0.29) is 0 Å². The van der Waals surface area contributed by atoms with E-state index in [4.69, 9.17) is 5.73 Å². The molecule has 0 aliphatic rings. The third-order valence-corrected chi connectivity index (χ3v) is 3.01. The number of nitrogens with two attached hydrogens (primary N) is 1. The van der Waals surface area contributed by atoms with Gasteiger partial charge in [0.05, 0.1) is 17.9 Å². The summed E-state index contributed by atoms with van der Waals surface area (Å²) in [5, 5.41) is 8.91. The van der Waals surface area contributed by atoms with E-state index in [2.05, 4.69) is 17.1 Å². The first-order chi connectivity index (χ1) is 8.11. The topological polar surface area (TPSA) is 61.7 Å². The number of nitrogens with zero attached hydrogens (tertiary/aromatic N) is 4. The maximum atomic E-state index is 5.61. The van der Waals surface area contributed by atoms with E-state index in [1.807, 2.05) is 35.6 Å². The summed E-state index contributed by atoms with van der Waals surface area (Å²) in [5.74, 6) is 0. The number of rotatable bonds is 4. The lowest BCUT2D eigenvalue weighted by Gasteiger charge is -2.02. The van der Waals surface area contributed by atoms with Gasteiger partial charge in [-0.2, -0.15) is 10.2 Å². The largest absolute Gasteiger partial charge is 0.330 e. The van der Waals surface area contributed by atoms with Gasteiger partial charge in [0.2, 0.25) is 0 Å². The van der Waals surface area contributed by atoms with Gasteiger partial charge < -0.3 is 5.73 Å². The standard InChI is InChI=1S/C12H19N5/c1-9-12(4-6-13)10(2)17(14-9)8-11-5-7-16(3)15-11/h5,7H,4,6,8,13H2,1-3H3. The van der Waals surface area contributed by atoms with E-state index < -0.39 is 0 Å². The Balaban J connectivity index is 2.24. The van der Waals surface area contributed by atoms with Crippen LogP contribution in [0.3, 0.4) is 0 Å². The predicted molar refractivity (Wildman–Crippen MR) is 66.8 cm³/mol. The van der Waals surface area contributed by atoms with Gasteiger partial charge in [-0.25, -0.2) is 0 Å². The first-order valence-corrected chi connectivity index (χ1v) is 5.83. The van der Waals surface area contributed by atoms with E-state index in [1.54, 1.807) is 0 Å². The minimum absolute atomic E-state index is 0.664. The molecule has 2 N–H and O–H groups in total. The summed E-state index contributed by atoms with van der Waals surface area (Å²) in [4.78, 5) is 0. The highest BCUT2D eigenvalue weighted by Crippen LogP contribution is 2.14. The van der Waals surface area contributed by atoms with E-state index in [0.717, 1.165) is 24.4 Å². The predicted octanol–water partition coefficient (Wildman–Crippen LogP) is 0.783. The molecular formula is C12H19N5. The lowest BCUT2D eigenvalue weighted by Crippen LogP contribution is -2.07. The van der Waals surface area contributed by atoms with Crippen LogP contribution >= 0.6 is 0 Å². The van der Waals surface area contributed by atoms with Gasteiger partial charge in [0.25, 0.3) is 0 Å². The lowest BCUT2D eigenvalue weighted by atomic mass is 10.1. The van der Waals surface area contributed by atoms with Crippen molar-refractivity contribution in [3.8, 4) is 0 Å². The van der Waals surface area contributed by atoms with Crippen LogP contribution in [0.25, 0.3) is 0 Å². The van der Waals surface area contributed by atoms with E-state index in [1.165, 1.54) is 11.3 Å². The Morgan fingerprint density at radius 3 is 2.65 bits per heavy atom. The van der Waals surface area contributed by atoms with Gasteiger partial charge in [0.15, 0.2) is 0 Å². The highest BCUT2D eigenvalue weighted by Gasteiger charge is 2.11. The lowest BCUT2D eigenvalue weighted by molar-refractivity contribution is 0.629. The summed E-state index contributed by atoms with van der Waals surface area (Å²) in [7, 11) is 1.92. The average Bonchev–Trinajstić information content (AvgIpc) is 2.79. The summed E-state index contributed by atoms with van der Waals surface area (Å²) in [6.45, 7) is 5.51. The van der Waals surface area contributed by atoms with Crippen molar-refractivity contribution in [2.75, 3.05) is 6.54 Å². The summed E-state index contributed by atoms with van der Waals surface area (Å²) in [5.41, 5.74) is 10.2. The molecule has 0 fully saturated rings. The van der Waals surface area contributed by atoms with Gasteiger partial charge >= 0.3 is 0 Å². The normalized spacial score (nSPS) is 11.1. The van der Waals surface area contributed by atoms with Crippen LogP contribution in [0.2, 0.25) is 0 Å². The molecular weight excluding hydrogens is 214 g/mol. The van der Waals surface area contributed by atoms with E-state index >= 15 is 0 Å². The number of hydrogen-bond donors (Lipinski definition) is 1. The Morgan fingerprint density at radius 1 is 1.29 bits per heavy atom. The fourth-order valence-electron chi connectivity index (χ4n) is 2.10. The molecule has 0 saturated carbocycles. The number of aryl methyl sites for hydroxylation is 2. The molecule has 0 aromatic carbocycles. The van der Waals surface area contributed by atoms with Crippen LogP contribution in [0, 0.1) is 13.8 Å². The van der Waals surface area contributed by atoms with E-state index in [0.29, 0.717) is 6.54 Å². The van der Waals surface area contributed by atoms with Crippen LogP contribution < -0.4 is 5.73 Å². The third kappa shape index (κ3) is 2.39. The van der Waals surface area contributed by atoms with Crippen molar-refractivity contribution in [3.63, 3.8) is 0 Å². The molecule has 2 heterocycles. The number of hydrogen-bond acceptors (Lipinski definition) is 3.